The van der Waals surface area contributed by atoms with Crippen LogP contribution < -0.4 is 10.2 Å². The zero-order chi connectivity index (χ0) is 27.1. The number of piperidine rings is 1. The first-order valence-corrected chi connectivity index (χ1v) is 10.0. The molecule has 10 nitrogen and oxygen atoms in total. The van der Waals surface area contributed by atoms with E-state index in [0.29, 0.717) is 24.2 Å². The summed E-state index contributed by atoms with van der Waals surface area (Å²) >= 11 is 0. The van der Waals surface area contributed by atoms with Crippen molar-refractivity contribution in [1.82, 2.24) is 15.0 Å². The maximum absolute atomic E-state index is 12.1. The number of rotatable bonds is 4. The number of aromatic nitrogens is 3. The van der Waals surface area contributed by atoms with Crippen LogP contribution in [0.1, 0.15) is 6.42 Å². The summed E-state index contributed by atoms with van der Waals surface area (Å²) in [7, 11) is 0. The average molecular weight is 523 g/mol. The molecule has 1 unspecified atom stereocenters. The molecule has 1 aliphatic heterocycles. The molecule has 2 aromatic heterocycles. The van der Waals surface area contributed by atoms with E-state index >= 15 is 0 Å². The quantitative estimate of drug-likeness (QED) is 0.515. The molecule has 3 N–H and O–H groups in total. The maximum atomic E-state index is 12.1. The van der Waals surface area contributed by atoms with Gasteiger partial charge in [-0.25, -0.2) is 19.6 Å². The number of carboxylic acids is 2. The molecule has 0 bridgehead atoms. The Hall–Kier alpha value is -3.98. The molecule has 1 saturated carbocycles. The van der Waals surface area contributed by atoms with Crippen LogP contribution in [0.3, 0.4) is 0 Å². The molecule has 16 heteroatoms. The Morgan fingerprint density at radius 1 is 0.917 bits per heavy atom. The Morgan fingerprint density at radius 2 is 1.42 bits per heavy atom. The number of anilines is 2. The summed E-state index contributed by atoms with van der Waals surface area (Å²) in [5, 5.41) is 17.2. The fourth-order valence-corrected chi connectivity index (χ4v) is 3.43. The molecule has 2 aromatic rings. The van der Waals surface area contributed by atoms with Crippen molar-refractivity contribution >= 4 is 29.5 Å². The fraction of sp³-hybridized carbons (Fsp3) is 0.400. The number of aliphatic carboxylic acids is 2. The molecule has 0 spiro atoms. The number of nitrogens with one attached hydrogen (secondary N) is 1. The van der Waals surface area contributed by atoms with Crippen LogP contribution in [0.25, 0.3) is 0 Å². The van der Waals surface area contributed by atoms with Crippen molar-refractivity contribution in [2.24, 2.45) is 17.8 Å². The van der Waals surface area contributed by atoms with Gasteiger partial charge in [0.15, 0.2) is 0 Å². The summed E-state index contributed by atoms with van der Waals surface area (Å²) in [6.45, 7) is 1.92. The molecular weight excluding hydrogens is 504 g/mol. The van der Waals surface area contributed by atoms with Gasteiger partial charge in [-0.3, -0.25) is 9.78 Å². The molecule has 0 aromatic carbocycles. The van der Waals surface area contributed by atoms with Gasteiger partial charge in [-0.05, 0) is 36.0 Å². The molecule has 1 saturated heterocycles. The van der Waals surface area contributed by atoms with Crippen molar-refractivity contribution in [2.75, 3.05) is 23.3 Å². The van der Waals surface area contributed by atoms with Crippen molar-refractivity contribution in [1.29, 1.82) is 0 Å². The summed E-state index contributed by atoms with van der Waals surface area (Å²) < 4.78 is 63.5. The monoisotopic (exact) mass is 523 g/mol. The van der Waals surface area contributed by atoms with E-state index in [1.165, 1.54) is 0 Å². The van der Waals surface area contributed by atoms with Crippen LogP contribution in [0.15, 0.2) is 43.0 Å². The van der Waals surface area contributed by atoms with Gasteiger partial charge >= 0.3 is 24.3 Å². The highest BCUT2D eigenvalue weighted by Crippen LogP contribution is 2.54. The third-order valence-corrected chi connectivity index (χ3v) is 5.06. The first kappa shape index (κ1) is 28.3. The van der Waals surface area contributed by atoms with Gasteiger partial charge in [0.2, 0.25) is 11.9 Å². The second-order valence-corrected chi connectivity index (χ2v) is 7.55. The summed E-state index contributed by atoms with van der Waals surface area (Å²) in [6.07, 6.45) is -2.68. The number of alkyl halides is 6. The Balaban J connectivity index is 0.000000271. The number of amides is 1. The Kier molecular flexibility index (Phi) is 9.13. The molecule has 4 rings (SSSR count). The van der Waals surface area contributed by atoms with Crippen molar-refractivity contribution in [2.45, 2.75) is 18.8 Å². The molecular formula is C20H19F6N5O5. The lowest BCUT2D eigenvalue weighted by atomic mass is 10.2. The third kappa shape index (κ3) is 8.66. The van der Waals surface area contributed by atoms with Gasteiger partial charge in [-0.1, -0.05) is 0 Å². The number of halogens is 6. The van der Waals surface area contributed by atoms with E-state index in [1.807, 2.05) is 18.2 Å². The van der Waals surface area contributed by atoms with Gasteiger partial charge in [0.25, 0.3) is 0 Å². The number of carbonyl (C=O) groups excluding carboxylic acids is 1. The minimum absolute atomic E-state index is 0.0786. The predicted molar refractivity (Wildman–Crippen MR) is 110 cm³/mol. The van der Waals surface area contributed by atoms with Crippen molar-refractivity contribution in [3.05, 3.63) is 43.0 Å². The van der Waals surface area contributed by atoms with Crippen LogP contribution in [0, 0.1) is 17.8 Å². The van der Waals surface area contributed by atoms with Crippen molar-refractivity contribution < 1.29 is 50.9 Å². The molecule has 36 heavy (non-hydrogen) atoms. The van der Waals surface area contributed by atoms with E-state index in [9.17, 15) is 31.1 Å². The van der Waals surface area contributed by atoms with E-state index in [4.69, 9.17) is 19.8 Å². The predicted octanol–water partition coefficient (Wildman–Crippen LogP) is 2.85. The summed E-state index contributed by atoms with van der Waals surface area (Å²) in [5.74, 6) is -2.94. The molecule has 3 atom stereocenters. The van der Waals surface area contributed by atoms with Crippen LogP contribution in [-0.4, -0.2) is 68.5 Å². The minimum Gasteiger partial charge on any atom is -0.475 e. The number of pyridine rings is 1. The van der Waals surface area contributed by atoms with Gasteiger partial charge in [0.05, 0.1) is 11.9 Å². The summed E-state index contributed by atoms with van der Waals surface area (Å²) in [5.41, 5.74) is 0.762. The highest BCUT2D eigenvalue weighted by atomic mass is 19.4. The van der Waals surface area contributed by atoms with Crippen molar-refractivity contribution in [3.8, 4) is 0 Å². The maximum Gasteiger partial charge on any atom is 0.490 e. The van der Waals surface area contributed by atoms with E-state index < -0.39 is 24.3 Å². The third-order valence-electron chi connectivity index (χ3n) is 5.06. The number of fused-ring (bicyclic) bond motifs is 1. The Bertz CT molecular complexity index is 1000. The topological polar surface area (TPSA) is 146 Å². The van der Waals surface area contributed by atoms with Crippen molar-refractivity contribution in [3.63, 3.8) is 0 Å². The zero-order valence-corrected chi connectivity index (χ0v) is 18.1. The van der Waals surface area contributed by atoms with Gasteiger partial charge in [0.1, 0.15) is 0 Å². The molecule has 3 heterocycles. The number of carboxylic acid groups (broad SMARTS) is 2. The van der Waals surface area contributed by atoms with Crippen LogP contribution in [0.5, 0.6) is 0 Å². The Morgan fingerprint density at radius 3 is 1.83 bits per heavy atom. The van der Waals surface area contributed by atoms with E-state index in [-0.39, 0.29) is 5.91 Å². The number of carbonyl (C=O) groups is 3. The highest BCUT2D eigenvalue weighted by Gasteiger charge is 2.56. The summed E-state index contributed by atoms with van der Waals surface area (Å²) in [6, 6.07) is 5.50. The normalized spacial score (nSPS) is 20.1. The first-order chi connectivity index (χ1) is 16.7. The molecule has 1 aliphatic carbocycles. The molecule has 2 fully saturated rings. The largest absolute Gasteiger partial charge is 0.490 e. The van der Waals surface area contributed by atoms with E-state index in [0.717, 1.165) is 24.7 Å². The molecule has 196 valence electrons. The second-order valence-electron chi connectivity index (χ2n) is 7.55. The lowest BCUT2D eigenvalue weighted by Gasteiger charge is -2.19. The Labute approximate surface area is 199 Å². The summed E-state index contributed by atoms with van der Waals surface area (Å²) in [4.78, 5) is 44.6. The lowest BCUT2D eigenvalue weighted by Crippen LogP contribution is -2.26. The molecule has 0 radical (unpaired) electrons. The molecule has 2 aliphatic rings. The standard InChI is InChI=1S/C16H17N5O.2C2HF3O2/c22-15(20-11-3-1-4-17-8-11)7-12-13-9-21(10-14(12)13)16-18-5-2-6-19-16;2*3-2(4,5)1(6)7/h1-6,8,12-14H,7,9-10H2,(H,20,22);2*(H,6,7)/t12?,13-,14+;;. The fourth-order valence-electron chi connectivity index (χ4n) is 3.43. The minimum atomic E-state index is -5.08. The van der Waals surface area contributed by atoms with Gasteiger partial charge < -0.3 is 20.4 Å². The van der Waals surface area contributed by atoms with Gasteiger partial charge in [0, 0.05) is 38.1 Å². The number of hydrogen-bond donors (Lipinski definition) is 3. The van der Waals surface area contributed by atoms with Gasteiger partial charge in [-0.2, -0.15) is 26.3 Å². The van der Waals surface area contributed by atoms with E-state index in [2.05, 4.69) is 25.2 Å². The SMILES string of the molecule is O=C(CC1[C@H]2CN(c3ncccn3)C[C@@H]12)Nc1cccnc1.O=C(O)C(F)(F)F.O=C(O)C(F)(F)F. The van der Waals surface area contributed by atoms with E-state index in [1.54, 1.807) is 24.8 Å². The molecule has 1 amide bonds. The van der Waals surface area contributed by atoms with Crippen LogP contribution in [-0.2, 0) is 14.4 Å². The average Bonchev–Trinajstić information content (AvgIpc) is 3.22. The number of hydrogen-bond acceptors (Lipinski definition) is 7. The van der Waals surface area contributed by atoms with Crippen LogP contribution in [0.4, 0.5) is 38.0 Å². The number of nitrogens with zero attached hydrogens (tertiary/aromatic N) is 4. The van der Waals surface area contributed by atoms with Crippen LogP contribution in [0.2, 0.25) is 0 Å². The van der Waals surface area contributed by atoms with Gasteiger partial charge in [-0.15, -0.1) is 0 Å². The van der Waals surface area contributed by atoms with Crippen LogP contribution >= 0.6 is 0 Å². The first-order valence-electron chi connectivity index (χ1n) is 10.0. The second kappa shape index (κ2) is 11.6. The smallest absolute Gasteiger partial charge is 0.475 e. The highest BCUT2D eigenvalue weighted by molar-refractivity contribution is 5.91. The lowest BCUT2D eigenvalue weighted by molar-refractivity contribution is -0.193. The zero-order valence-electron chi connectivity index (χ0n) is 18.1.